The highest BCUT2D eigenvalue weighted by Gasteiger charge is 2.41. The summed E-state index contributed by atoms with van der Waals surface area (Å²) in [5, 5.41) is 8.74. The number of nitriles is 1. The second-order valence-corrected chi connectivity index (χ2v) is 4.62. The molecule has 3 heteroatoms. The van der Waals surface area contributed by atoms with E-state index in [2.05, 4.69) is 4.98 Å². The number of rotatable bonds is 3. The first-order valence-electron chi connectivity index (χ1n) is 6.11. The molecule has 0 amide bonds. The highest BCUT2D eigenvalue weighted by atomic mass is 16.1. The number of carbonyl (C=O) groups excluding carboxylic acids is 1. The van der Waals surface area contributed by atoms with Crippen molar-refractivity contribution in [3.8, 4) is 6.07 Å². The van der Waals surface area contributed by atoms with Crippen molar-refractivity contribution >= 4 is 5.78 Å². The van der Waals surface area contributed by atoms with Crippen LogP contribution in [0.2, 0.25) is 0 Å². The molecule has 0 bridgehead atoms. The van der Waals surface area contributed by atoms with Gasteiger partial charge in [0.25, 0.3) is 0 Å². The van der Waals surface area contributed by atoms with Gasteiger partial charge in [0.05, 0.1) is 23.6 Å². The SMILES string of the molecule is N#CCC(=O)C1(c2ccccn2)CCCCC1. The summed E-state index contributed by atoms with van der Waals surface area (Å²) in [7, 11) is 0. The van der Waals surface area contributed by atoms with Crippen LogP contribution in [0.4, 0.5) is 0 Å². The Morgan fingerprint density at radius 3 is 2.71 bits per heavy atom. The van der Waals surface area contributed by atoms with Crippen molar-refractivity contribution < 1.29 is 4.79 Å². The van der Waals surface area contributed by atoms with E-state index in [-0.39, 0.29) is 12.2 Å². The normalized spacial score (nSPS) is 18.3. The number of carbonyl (C=O) groups is 1. The Labute approximate surface area is 101 Å². The van der Waals surface area contributed by atoms with Crippen molar-refractivity contribution in [3.05, 3.63) is 30.1 Å². The summed E-state index contributed by atoms with van der Waals surface area (Å²) >= 11 is 0. The molecule has 17 heavy (non-hydrogen) atoms. The van der Waals surface area contributed by atoms with E-state index in [1.54, 1.807) is 6.20 Å². The Hall–Kier alpha value is -1.69. The molecule has 0 saturated heterocycles. The molecular weight excluding hydrogens is 212 g/mol. The zero-order chi connectivity index (χ0) is 12.1. The first kappa shape index (κ1) is 11.8. The second kappa shape index (κ2) is 5.09. The van der Waals surface area contributed by atoms with E-state index in [1.807, 2.05) is 24.3 Å². The van der Waals surface area contributed by atoms with Crippen LogP contribution >= 0.6 is 0 Å². The second-order valence-electron chi connectivity index (χ2n) is 4.62. The van der Waals surface area contributed by atoms with Crippen LogP contribution < -0.4 is 0 Å². The fourth-order valence-electron chi connectivity index (χ4n) is 2.72. The van der Waals surface area contributed by atoms with E-state index in [9.17, 15) is 4.79 Å². The summed E-state index contributed by atoms with van der Waals surface area (Å²) in [5.41, 5.74) is 0.356. The molecule has 1 aliphatic rings. The molecule has 0 spiro atoms. The topological polar surface area (TPSA) is 53.8 Å². The van der Waals surface area contributed by atoms with Crippen molar-refractivity contribution in [1.82, 2.24) is 4.98 Å². The lowest BCUT2D eigenvalue weighted by molar-refractivity contribution is -0.125. The lowest BCUT2D eigenvalue weighted by Crippen LogP contribution is -2.38. The standard InChI is InChI=1S/C14H16N2O/c15-10-7-13(17)14(8-3-1-4-9-14)12-6-2-5-11-16-12/h2,5-6,11H,1,3-4,7-9H2. The predicted molar refractivity (Wildman–Crippen MR) is 64.2 cm³/mol. The van der Waals surface area contributed by atoms with Crippen LogP contribution in [-0.4, -0.2) is 10.8 Å². The van der Waals surface area contributed by atoms with Crippen molar-refractivity contribution in [2.75, 3.05) is 0 Å². The van der Waals surface area contributed by atoms with E-state index in [0.29, 0.717) is 0 Å². The van der Waals surface area contributed by atoms with E-state index in [1.165, 1.54) is 6.42 Å². The Morgan fingerprint density at radius 1 is 1.35 bits per heavy atom. The average molecular weight is 228 g/mol. The van der Waals surface area contributed by atoms with Crippen LogP contribution in [0.15, 0.2) is 24.4 Å². The molecule has 0 unspecified atom stereocenters. The van der Waals surface area contributed by atoms with E-state index in [4.69, 9.17) is 5.26 Å². The van der Waals surface area contributed by atoms with Gasteiger partial charge < -0.3 is 0 Å². The molecule has 1 aromatic rings. The molecule has 1 heterocycles. The van der Waals surface area contributed by atoms with Gasteiger partial charge in [-0.1, -0.05) is 25.3 Å². The largest absolute Gasteiger partial charge is 0.297 e. The molecule has 1 aliphatic carbocycles. The predicted octanol–water partition coefficient (Wildman–Crippen LogP) is 2.77. The van der Waals surface area contributed by atoms with Gasteiger partial charge in [0.1, 0.15) is 0 Å². The quantitative estimate of drug-likeness (QED) is 0.799. The first-order valence-corrected chi connectivity index (χ1v) is 6.11. The Morgan fingerprint density at radius 2 is 2.12 bits per heavy atom. The monoisotopic (exact) mass is 228 g/mol. The van der Waals surface area contributed by atoms with Gasteiger partial charge in [0.2, 0.25) is 0 Å². The number of hydrogen-bond donors (Lipinski definition) is 0. The number of nitrogens with zero attached hydrogens (tertiary/aromatic N) is 2. The van der Waals surface area contributed by atoms with Gasteiger partial charge in [-0.05, 0) is 25.0 Å². The molecule has 0 aromatic carbocycles. The van der Waals surface area contributed by atoms with Gasteiger partial charge in [-0.25, -0.2) is 0 Å². The highest BCUT2D eigenvalue weighted by molar-refractivity contribution is 5.91. The third-order valence-corrected chi connectivity index (χ3v) is 3.64. The van der Waals surface area contributed by atoms with Crippen LogP contribution in [0.3, 0.4) is 0 Å². The van der Waals surface area contributed by atoms with Gasteiger partial charge in [-0.3, -0.25) is 9.78 Å². The number of ketones is 1. The summed E-state index contributed by atoms with van der Waals surface area (Å²) in [6, 6.07) is 7.67. The van der Waals surface area contributed by atoms with E-state index in [0.717, 1.165) is 31.4 Å². The molecule has 0 atom stereocenters. The molecular formula is C14H16N2O. The van der Waals surface area contributed by atoms with Gasteiger partial charge in [-0.15, -0.1) is 0 Å². The minimum Gasteiger partial charge on any atom is -0.297 e. The maximum Gasteiger partial charge on any atom is 0.158 e. The zero-order valence-corrected chi connectivity index (χ0v) is 9.85. The minimum absolute atomic E-state index is 0.00340. The summed E-state index contributed by atoms with van der Waals surface area (Å²) in [5.74, 6) is 0.0402. The van der Waals surface area contributed by atoms with Gasteiger partial charge in [-0.2, -0.15) is 5.26 Å². The maximum atomic E-state index is 12.3. The maximum absolute atomic E-state index is 12.3. The van der Waals surface area contributed by atoms with Crippen LogP contribution in [0, 0.1) is 11.3 Å². The van der Waals surface area contributed by atoms with Crippen molar-refractivity contribution in [3.63, 3.8) is 0 Å². The first-order chi connectivity index (χ1) is 8.29. The molecule has 2 rings (SSSR count). The summed E-state index contributed by atoms with van der Waals surface area (Å²) in [6.45, 7) is 0. The number of Topliss-reactive ketones (excluding diaryl/α,β-unsaturated/α-hetero) is 1. The highest BCUT2D eigenvalue weighted by Crippen LogP contribution is 2.39. The zero-order valence-electron chi connectivity index (χ0n) is 9.85. The van der Waals surface area contributed by atoms with Crippen LogP contribution in [-0.2, 0) is 10.2 Å². The Kier molecular flexibility index (Phi) is 3.53. The van der Waals surface area contributed by atoms with Crippen LogP contribution in [0.1, 0.15) is 44.2 Å². The van der Waals surface area contributed by atoms with Crippen LogP contribution in [0.5, 0.6) is 0 Å². The lowest BCUT2D eigenvalue weighted by atomic mass is 9.68. The Balaban J connectivity index is 2.37. The Bertz CT molecular complexity index is 427. The van der Waals surface area contributed by atoms with Crippen molar-refractivity contribution in [2.24, 2.45) is 0 Å². The molecule has 0 radical (unpaired) electrons. The van der Waals surface area contributed by atoms with Gasteiger partial charge in [0.15, 0.2) is 5.78 Å². The summed E-state index contributed by atoms with van der Waals surface area (Å²) < 4.78 is 0. The summed E-state index contributed by atoms with van der Waals surface area (Å²) in [4.78, 5) is 16.6. The fourth-order valence-corrected chi connectivity index (χ4v) is 2.72. The average Bonchev–Trinajstić information content (AvgIpc) is 2.41. The van der Waals surface area contributed by atoms with E-state index < -0.39 is 5.41 Å². The summed E-state index contributed by atoms with van der Waals surface area (Å²) in [6.07, 6.45) is 6.67. The third-order valence-electron chi connectivity index (χ3n) is 3.64. The number of aromatic nitrogens is 1. The van der Waals surface area contributed by atoms with Crippen molar-refractivity contribution in [2.45, 2.75) is 43.9 Å². The molecule has 1 fully saturated rings. The van der Waals surface area contributed by atoms with Crippen molar-refractivity contribution in [1.29, 1.82) is 5.26 Å². The minimum atomic E-state index is -0.491. The molecule has 0 N–H and O–H groups in total. The molecule has 3 nitrogen and oxygen atoms in total. The lowest BCUT2D eigenvalue weighted by Gasteiger charge is -2.34. The van der Waals surface area contributed by atoms with Gasteiger partial charge in [0, 0.05) is 6.20 Å². The number of hydrogen-bond acceptors (Lipinski definition) is 3. The fraction of sp³-hybridized carbons (Fsp3) is 0.500. The molecule has 0 aliphatic heterocycles. The van der Waals surface area contributed by atoms with E-state index >= 15 is 0 Å². The molecule has 88 valence electrons. The smallest absolute Gasteiger partial charge is 0.158 e. The third kappa shape index (κ3) is 2.21. The van der Waals surface area contributed by atoms with Crippen LogP contribution in [0.25, 0.3) is 0 Å². The molecule has 1 saturated carbocycles. The van der Waals surface area contributed by atoms with Gasteiger partial charge >= 0.3 is 0 Å². The number of pyridine rings is 1. The molecule has 1 aromatic heterocycles.